The summed E-state index contributed by atoms with van der Waals surface area (Å²) in [4.78, 5) is 13.6. The average Bonchev–Trinajstić information content (AvgIpc) is 2.61. The molecule has 2 rings (SSSR count). The Balaban J connectivity index is 2.12. The minimum absolute atomic E-state index is 0.0528. The number of alkyl halides is 3. The molecule has 0 heterocycles. The van der Waals surface area contributed by atoms with Crippen molar-refractivity contribution >= 4 is 5.91 Å². The molecule has 0 aliphatic carbocycles. The monoisotopic (exact) mass is 369 g/mol. The molecule has 2 unspecified atom stereocenters. The van der Waals surface area contributed by atoms with Gasteiger partial charge in [0, 0.05) is 7.05 Å². The van der Waals surface area contributed by atoms with E-state index in [1.807, 2.05) is 0 Å². The van der Waals surface area contributed by atoms with E-state index in [1.54, 1.807) is 37.3 Å². The first-order chi connectivity index (χ1) is 12.1. The zero-order valence-corrected chi connectivity index (χ0v) is 14.3. The van der Waals surface area contributed by atoms with E-state index in [4.69, 9.17) is 0 Å². The molecule has 26 heavy (non-hydrogen) atoms. The van der Waals surface area contributed by atoms with E-state index in [1.165, 1.54) is 11.9 Å². The van der Waals surface area contributed by atoms with Gasteiger partial charge >= 0.3 is 6.18 Å². The summed E-state index contributed by atoms with van der Waals surface area (Å²) in [6.45, 7) is 1.64. The molecule has 1 amide bonds. The second-order valence-electron chi connectivity index (χ2n) is 6.09. The Labute approximate surface area is 148 Å². The number of rotatable bonds is 5. The molecule has 140 valence electrons. The fraction of sp³-hybridized carbons (Fsp3) is 0.316. The van der Waals surface area contributed by atoms with E-state index in [2.05, 4.69) is 0 Å². The van der Waals surface area contributed by atoms with Crippen molar-refractivity contribution < 1.29 is 27.5 Å². The molecule has 0 spiro atoms. The highest BCUT2D eigenvalue weighted by molar-refractivity contribution is 5.79. The lowest BCUT2D eigenvalue weighted by molar-refractivity contribution is -0.140. The van der Waals surface area contributed by atoms with Crippen molar-refractivity contribution in [2.24, 2.45) is 0 Å². The molecule has 0 aliphatic rings. The van der Waals surface area contributed by atoms with Crippen molar-refractivity contribution in [1.82, 2.24) is 4.90 Å². The summed E-state index contributed by atoms with van der Waals surface area (Å²) in [5.41, 5.74) is -0.722. The number of halogens is 4. The van der Waals surface area contributed by atoms with Crippen LogP contribution in [0.5, 0.6) is 0 Å². The normalized spacial score (nSPS) is 14.0. The molecule has 2 aromatic rings. The van der Waals surface area contributed by atoms with E-state index in [9.17, 15) is 27.5 Å². The molecule has 0 radical (unpaired) electrons. The molecule has 0 saturated heterocycles. The number of likely N-dealkylation sites (N-methyl/N-ethyl adjacent to an activating group) is 1. The summed E-state index contributed by atoms with van der Waals surface area (Å²) in [5.74, 6) is -1.86. The Kier molecular flexibility index (Phi) is 6.02. The Morgan fingerprint density at radius 1 is 1.15 bits per heavy atom. The van der Waals surface area contributed by atoms with Gasteiger partial charge in [-0.1, -0.05) is 36.4 Å². The molecule has 0 bridgehead atoms. The number of hydrogen-bond acceptors (Lipinski definition) is 2. The summed E-state index contributed by atoms with van der Waals surface area (Å²) < 4.78 is 51.7. The number of carbonyl (C=O) groups is 1. The van der Waals surface area contributed by atoms with Crippen LogP contribution in [0.15, 0.2) is 48.5 Å². The third-order valence-corrected chi connectivity index (χ3v) is 4.29. The highest BCUT2D eigenvalue weighted by Gasteiger charge is 2.34. The van der Waals surface area contributed by atoms with E-state index in [0.29, 0.717) is 17.7 Å². The van der Waals surface area contributed by atoms with Crippen LogP contribution in [-0.2, 0) is 17.4 Å². The van der Waals surface area contributed by atoms with Crippen LogP contribution in [0.1, 0.15) is 29.7 Å². The molecule has 3 nitrogen and oxygen atoms in total. The lowest BCUT2D eigenvalue weighted by Crippen LogP contribution is -2.39. The van der Waals surface area contributed by atoms with Crippen molar-refractivity contribution in [1.29, 1.82) is 0 Å². The summed E-state index contributed by atoms with van der Waals surface area (Å²) in [6.07, 6.45) is -6.10. The van der Waals surface area contributed by atoms with Crippen molar-refractivity contribution in [3.05, 3.63) is 71.0 Å². The fourth-order valence-corrected chi connectivity index (χ4v) is 2.57. The van der Waals surface area contributed by atoms with Gasteiger partial charge in [-0.15, -0.1) is 0 Å². The van der Waals surface area contributed by atoms with Crippen molar-refractivity contribution in [2.45, 2.75) is 31.7 Å². The van der Waals surface area contributed by atoms with Crippen molar-refractivity contribution in [3.63, 3.8) is 0 Å². The van der Waals surface area contributed by atoms with Gasteiger partial charge in [-0.2, -0.15) is 13.2 Å². The molecule has 0 fully saturated rings. The molecule has 2 atom stereocenters. The zero-order valence-electron chi connectivity index (χ0n) is 14.3. The highest BCUT2D eigenvalue weighted by Crippen LogP contribution is 2.32. The first-order valence-electron chi connectivity index (χ1n) is 7.95. The minimum Gasteiger partial charge on any atom is -0.386 e. The van der Waals surface area contributed by atoms with Crippen LogP contribution in [0.4, 0.5) is 17.6 Å². The van der Waals surface area contributed by atoms with Gasteiger partial charge in [0.05, 0.1) is 24.1 Å². The number of amides is 1. The van der Waals surface area contributed by atoms with Gasteiger partial charge in [-0.3, -0.25) is 4.79 Å². The number of hydrogen-bond donors (Lipinski definition) is 1. The SMILES string of the molecule is CC(C(O)c1ccccc1)N(C)C(=O)Cc1ccc(F)c(C(F)(F)F)c1. The van der Waals surface area contributed by atoms with Gasteiger partial charge in [-0.05, 0) is 30.2 Å². The quantitative estimate of drug-likeness (QED) is 0.811. The van der Waals surface area contributed by atoms with Crippen LogP contribution < -0.4 is 0 Å². The minimum atomic E-state index is -4.83. The average molecular weight is 369 g/mol. The maximum atomic E-state index is 13.3. The lowest BCUT2D eigenvalue weighted by atomic mass is 10.0. The summed E-state index contributed by atoms with van der Waals surface area (Å²) in [5, 5.41) is 10.4. The third-order valence-electron chi connectivity index (χ3n) is 4.29. The molecule has 0 aliphatic heterocycles. The predicted octanol–water partition coefficient (Wildman–Crippen LogP) is 3.97. The van der Waals surface area contributed by atoms with E-state index >= 15 is 0 Å². The maximum absolute atomic E-state index is 13.3. The van der Waals surface area contributed by atoms with Crippen LogP contribution in [-0.4, -0.2) is 29.0 Å². The Bertz CT molecular complexity index is 762. The second-order valence-corrected chi connectivity index (χ2v) is 6.09. The third kappa shape index (κ3) is 4.60. The van der Waals surface area contributed by atoms with Crippen molar-refractivity contribution in [2.75, 3.05) is 7.05 Å². The number of nitrogens with zero attached hydrogens (tertiary/aromatic N) is 1. The number of benzene rings is 2. The number of aliphatic hydroxyl groups is 1. The first kappa shape index (κ1) is 19.9. The Morgan fingerprint density at radius 2 is 1.77 bits per heavy atom. The fourth-order valence-electron chi connectivity index (χ4n) is 2.57. The van der Waals surface area contributed by atoms with Gasteiger partial charge < -0.3 is 10.0 Å². The summed E-state index contributed by atoms with van der Waals surface area (Å²) in [6, 6.07) is 10.6. The van der Waals surface area contributed by atoms with Crippen molar-refractivity contribution in [3.8, 4) is 0 Å². The molecule has 2 aromatic carbocycles. The molecule has 0 saturated carbocycles. The van der Waals surface area contributed by atoms with Gasteiger partial charge in [-0.25, -0.2) is 4.39 Å². The lowest BCUT2D eigenvalue weighted by Gasteiger charge is -2.29. The predicted molar refractivity (Wildman–Crippen MR) is 88.7 cm³/mol. The van der Waals surface area contributed by atoms with Gasteiger partial charge in [0.2, 0.25) is 5.91 Å². The Morgan fingerprint density at radius 3 is 2.35 bits per heavy atom. The van der Waals surface area contributed by atoms with E-state index in [0.717, 1.165) is 6.07 Å². The van der Waals surface area contributed by atoms with E-state index < -0.39 is 35.6 Å². The molecular weight excluding hydrogens is 350 g/mol. The molecule has 7 heteroatoms. The van der Waals surface area contributed by atoms with E-state index in [-0.39, 0.29) is 12.0 Å². The standard InChI is InChI=1S/C19H19F4NO2/c1-12(18(26)14-6-4-3-5-7-14)24(2)17(25)11-13-8-9-16(20)15(10-13)19(21,22)23/h3-10,12,18,26H,11H2,1-2H3. The second kappa shape index (κ2) is 7.86. The maximum Gasteiger partial charge on any atom is 0.419 e. The molecule has 1 N–H and O–H groups in total. The summed E-state index contributed by atoms with van der Waals surface area (Å²) in [7, 11) is 1.47. The Hall–Kier alpha value is -2.41. The van der Waals surface area contributed by atoms with Gasteiger partial charge in [0.25, 0.3) is 0 Å². The zero-order chi connectivity index (χ0) is 19.5. The first-order valence-corrected chi connectivity index (χ1v) is 7.95. The highest BCUT2D eigenvalue weighted by atomic mass is 19.4. The van der Waals surface area contributed by atoms with Crippen LogP contribution in [0.3, 0.4) is 0 Å². The van der Waals surface area contributed by atoms with Crippen LogP contribution in [0, 0.1) is 5.82 Å². The summed E-state index contributed by atoms with van der Waals surface area (Å²) >= 11 is 0. The number of aliphatic hydroxyl groups excluding tert-OH is 1. The topological polar surface area (TPSA) is 40.5 Å². The van der Waals surface area contributed by atoms with Crippen LogP contribution in [0.25, 0.3) is 0 Å². The van der Waals surface area contributed by atoms with Crippen LogP contribution >= 0.6 is 0 Å². The van der Waals surface area contributed by atoms with Crippen LogP contribution in [0.2, 0.25) is 0 Å². The largest absolute Gasteiger partial charge is 0.419 e. The van der Waals surface area contributed by atoms with Gasteiger partial charge in [0.1, 0.15) is 5.82 Å². The molecule has 0 aromatic heterocycles. The smallest absolute Gasteiger partial charge is 0.386 e. The van der Waals surface area contributed by atoms with Gasteiger partial charge in [0.15, 0.2) is 0 Å². The molecular formula is C19H19F4NO2. The number of carbonyl (C=O) groups excluding carboxylic acids is 1.